The molecule has 0 radical (unpaired) electrons. The highest BCUT2D eigenvalue weighted by Crippen LogP contribution is 2.19. The quantitative estimate of drug-likeness (QED) is 0.689. The van der Waals surface area contributed by atoms with Crippen molar-refractivity contribution < 1.29 is 17.9 Å². The normalized spacial score (nSPS) is 26.3. The molecule has 0 aromatic heterocycles. The third-order valence-electron chi connectivity index (χ3n) is 2.00. The van der Waals surface area contributed by atoms with E-state index in [1.54, 1.807) is 0 Å². The maximum Gasteiger partial charge on any atom is 0.401 e. The van der Waals surface area contributed by atoms with Crippen LogP contribution in [0.5, 0.6) is 0 Å². The monoisotopic (exact) mass is 198 g/mol. The molecule has 0 saturated carbocycles. The summed E-state index contributed by atoms with van der Waals surface area (Å²) >= 11 is 0. The van der Waals surface area contributed by atoms with Gasteiger partial charge in [-0.3, -0.25) is 4.90 Å². The number of ether oxygens (including phenoxy) is 1. The maximum absolute atomic E-state index is 12.0. The van der Waals surface area contributed by atoms with Gasteiger partial charge in [-0.2, -0.15) is 13.2 Å². The Labute approximate surface area is 74.6 Å². The molecule has 1 saturated heterocycles. The van der Waals surface area contributed by atoms with Gasteiger partial charge in [-0.05, 0) is 0 Å². The van der Waals surface area contributed by atoms with E-state index in [0.717, 1.165) is 0 Å². The van der Waals surface area contributed by atoms with Crippen LogP contribution in [0.4, 0.5) is 13.2 Å². The molecule has 1 heterocycles. The zero-order chi connectivity index (χ0) is 9.90. The fourth-order valence-electron chi connectivity index (χ4n) is 1.34. The average Bonchev–Trinajstić information content (AvgIpc) is 2.02. The van der Waals surface area contributed by atoms with Crippen molar-refractivity contribution in [2.75, 3.05) is 32.8 Å². The molecule has 6 heteroatoms. The summed E-state index contributed by atoms with van der Waals surface area (Å²) in [5.41, 5.74) is 5.32. The second-order valence-corrected chi connectivity index (χ2v) is 3.05. The molecule has 1 aliphatic heterocycles. The van der Waals surface area contributed by atoms with Gasteiger partial charge in [-0.15, -0.1) is 0 Å². The lowest BCUT2D eigenvalue weighted by molar-refractivity contribution is -0.161. The first kappa shape index (κ1) is 10.7. The minimum Gasteiger partial charge on any atom is -0.378 e. The van der Waals surface area contributed by atoms with Crippen molar-refractivity contribution in [2.45, 2.75) is 12.2 Å². The molecule has 0 aromatic carbocycles. The molecule has 1 rings (SSSR count). The smallest absolute Gasteiger partial charge is 0.378 e. The second kappa shape index (κ2) is 4.26. The first-order chi connectivity index (χ1) is 6.03. The molecule has 0 unspecified atom stereocenters. The van der Waals surface area contributed by atoms with Crippen molar-refractivity contribution in [3.05, 3.63) is 0 Å². The van der Waals surface area contributed by atoms with Gasteiger partial charge in [0.2, 0.25) is 0 Å². The Morgan fingerprint density at radius 3 is 2.69 bits per heavy atom. The molecular weight excluding hydrogens is 185 g/mol. The van der Waals surface area contributed by atoms with Crippen LogP contribution in [-0.2, 0) is 4.74 Å². The first-order valence-electron chi connectivity index (χ1n) is 4.11. The number of nitrogens with zero attached hydrogens (tertiary/aromatic N) is 1. The van der Waals surface area contributed by atoms with Crippen molar-refractivity contribution in [3.63, 3.8) is 0 Å². The van der Waals surface area contributed by atoms with E-state index in [1.807, 2.05) is 0 Å². The zero-order valence-electron chi connectivity index (χ0n) is 7.18. The molecule has 1 aliphatic rings. The highest BCUT2D eigenvalue weighted by molar-refractivity contribution is 4.77. The molecule has 3 nitrogen and oxygen atoms in total. The Morgan fingerprint density at radius 2 is 2.15 bits per heavy atom. The number of hydrogen-bond acceptors (Lipinski definition) is 3. The van der Waals surface area contributed by atoms with Gasteiger partial charge >= 0.3 is 6.18 Å². The third-order valence-corrected chi connectivity index (χ3v) is 2.00. The molecule has 0 spiro atoms. The van der Waals surface area contributed by atoms with Gasteiger partial charge < -0.3 is 10.5 Å². The summed E-state index contributed by atoms with van der Waals surface area (Å²) in [5.74, 6) is 0. The zero-order valence-corrected chi connectivity index (χ0v) is 7.18. The molecule has 0 aliphatic carbocycles. The van der Waals surface area contributed by atoms with Crippen LogP contribution < -0.4 is 5.73 Å². The molecule has 0 amide bonds. The van der Waals surface area contributed by atoms with Crippen molar-refractivity contribution in [2.24, 2.45) is 5.73 Å². The van der Waals surface area contributed by atoms with Crippen LogP contribution in [0.1, 0.15) is 0 Å². The molecular formula is C7H13F3N2O. The van der Waals surface area contributed by atoms with E-state index in [2.05, 4.69) is 0 Å². The Hall–Kier alpha value is -0.330. The number of hydrogen-bond donors (Lipinski definition) is 1. The molecule has 78 valence electrons. The minimum atomic E-state index is -4.15. The SMILES string of the molecule is NC[C@@H]1COCCN1CC(F)(F)F. The molecule has 1 atom stereocenters. The van der Waals surface area contributed by atoms with Crippen molar-refractivity contribution >= 4 is 0 Å². The van der Waals surface area contributed by atoms with E-state index in [4.69, 9.17) is 10.5 Å². The number of morpholine rings is 1. The van der Waals surface area contributed by atoms with Gasteiger partial charge in [0, 0.05) is 19.1 Å². The fourth-order valence-corrected chi connectivity index (χ4v) is 1.34. The van der Waals surface area contributed by atoms with Crippen LogP contribution in [0, 0.1) is 0 Å². The number of nitrogens with two attached hydrogens (primary N) is 1. The summed E-state index contributed by atoms with van der Waals surface area (Å²) in [6.45, 7) is 0.273. The number of rotatable bonds is 2. The van der Waals surface area contributed by atoms with E-state index in [9.17, 15) is 13.2 Å². The van der Waals surface area contributed by atoms with Gasteiger partial charge in [0.1, 0.15) is 0 Å². The number of halogens is 3. The summed E-state index contributed by atoms with van der Waals surface area (Å²) in [6.07, 6.45) is -4.15. The summed E-state index contributed by atoms with van der Waals surface area (Å²) in [4.78, 5) is 1.32. The predicted molar refractivity (Wildman–Crippen MR) is 41.3 cm³/mol. The predicted octanol–water partition coefficient (Wildman–Crippen LogP) is 0.208. The van der Waals surface area contributed by atoms with Gasteiger partial charge in [-0.1, -0.05) is 0 Å². The summed E-state index contributed by atoms with van der Waals surface area (Å²) in [7, 11) is 0. The molecule has 0 aromatic rings. The molecule has 1 fully saturated rings. The van der Waals surface area contributed by atoms with Crippen molar-refractivity contribution in [1.82, 2.24) is 4.90 Å². The summed E-state index contributed by atoms with van der Waals surface area (Å²) < 4.78 is 41.1. The van der Waals surface area contributed by atoms with E-state index in [-0.39, 0.29) is 12.6 Å². The molecule has 0 bridgehead atoms. The lowest BCUT2D eigenvalue weighted by Crippen LogP contribution is -2.52. The Morgan fingerprint density at radius 1 is 1.46 bits per heavy atom. The van der Waals surface area contributed by atoms with Crippen molar-refractivity contribution in [3.8, 4) is 0 Å². The van der Waals surface area contributed by atoms with Crippen LogP contribution in [0.15, 0.2) is 0 Å². The van der Waals surface area contributed by atoms with Crippen LogP contribution in [0.25, 0.3) is 0 Å². The molecule has 2 N–H and O–H groups in total. The van der Waals surface area contributed by atoms with Gasteiger partial charge in [0.25, 0.3) is 0 Å². The van der Waals surface area contributed by atoms with E-state index in [0.29, 0.717) is 19.8 Å². The van der Waals surface area contributed by atoms with Crippen LogP contribution >= 0.6 is 0 Å². The van der Waals surface area contributed by atoms with Gasteiger partial charge in [0.05, 0.1) is 19.8 Å². The van der Waals surface area contributed by atoms with Crippen molar-refractivity contribution in [1.29, 1.82) is 0 Å². The summed E-state index contributed by atoms with van der Waals surface area (Å²) in [5, 5.41) is 0. The van der Waals surface area contributed by atoms with Crippen LogP contribution in [0.2, 0.25) is 0 Å². The average molecular weight is 198 g/mol. The maximum atomic E-state index is 12.0. The lowest BCUT2D eigenvalue weighted by Gasteiger charge is -2.35. The van der Waals surface area contributed by atoms with E-state index in [1.165, 1.54) is 4.90 Å². The van der Waals surface area contributed by atoms with E-state index < -0.39 is 12.7 Å². The van der Waals surface area contributed by atoms with Crippen LogP contribution in [-0.4, -0.2) is 50.0 Å². The summed E-state index contributed by atoms with van der Waals surface area (Å²) in [6, 6.07) is -0.296. The highest BCUT2D eigenvalue weighted by atomic mass is 19.4. The second-order valence-electron chi connectivity index (χ2n) is 3.05. The Bertz CT molecular complexity index is 162. The van der Waals surface area contributed by atoms with E-state index >= 15 is 0 Å². The third kappa shape index (κ3) is 3.50. The topological polar surface area (TPSA) is 38.5 Å². The van der Waals surface area contributed by atoms with Gasteiger partial charge in [-0.25, -0.2) is 0 Å². The standard InChI is InChI=1S/C7H13F3N2O/c8-7(9,10)5-12-1-2-13-4-6(12)3-11/h6H,1-5,11H2/t6-/m1/s1. The largest absolute Gasteiger partial charge is 0.401 e. The van der Waals surface area contributed by atoms with Gasteiger partial charge in [0.15, 0.2) is 0 Å². The Balaban J connectivity index is 2.45. The number of alkyl halides is 3. The lowest BCUT2D eigenvalue weighted by atomic mass is 10.2. The minimum absolute atomic E-state index is 0.204. The Kier molecular flexibility index (Phi) is 3.52. The van der Waals surface area contributed by atoms with Crippen LogP contribution in [0.3, 0.4) is 0 Å². The first-order valence-corrected chi connectivity index (χ1v) is 4.11. The highest BCUT2D eigenvalue weighted by Gasteiger charge is 2.34. The fraction of sp³-hybridized carbons (Fsp3) is 1.00. The molecule has 13 heavy (non-hydrogen) atoms.